The lowest BCUT2D eigenvalue weighted by Crippen LogP contribution is -2.07. The van der Waals surface area contributed by atoms with E-state index in [9.17, 15) is 4.79 Å². The summed E-state index contributed by atoms with van der Waals surface area (Å²) in [4.78, 5) is 11.8. The van der Waals surface area contributed by atoms with Crippen LogP contribution in [0.15, 0.2) is 34.7 Å². The number of nitrogens with zero attached hydrogens (tertiary/aromatic N) is 2. The Morgan fingerprint density at radius 3 is 2.77 bits per heavy atom. The molecule has 0 fully saturated rings. The van der Waals surface area contributed by atoms with Crippen LogP contribution in [0.25, 0.3) is 6.08 Å². The van der Waals surface area contributed by atoms with Gasteiger partial charge in [-0.2, -0.15) is 0 Å². The Morgan fingerprint density at radius 1 is 1.32 bits per heavy atom. The van der Waals surface area contributed by atoms with Crippen molar-refractivity contribution in [2.24, 2.45) is 0 Å². The molecule has 1 aromatic carbocycles. The zero-order chi connectivity index (χ0) is 15.8. The highest BCUT2D eigenvalue weighted by molar-refractivity contribution is 8.01. The van der Waals surface area contributed by atoms with E-state index in [0.29, 0.717) is 11.7 Å². The molecule has 0 atom stereocenters. The second-order valence-corrected chi connectivity index (χ2v) is 6.62. The summed E-state index contributed by atoms with van der Waals surface area (Å²) in [6.07, 6.45) is 3.22. The Morgan fingerprint density at radius 2 is 2.09 bits per heavy atom. The minimum absolute atomic E-state index is 0.224. The number of benzene rings is 1. The molecule has 0 aliphatic heterocycles. The Balaban J connectivity index is 1.89. The zero-order valence-corrected chi connectivity index (χ0v) is 14.0. The van der Waals surface area contributed by atoms with Gasteiger partial charge < -0.3 is 4.74 Å². The molecule has 0 saturated carbocycles. The molecule has 1 heterocycles. The van der Waals surface area contributed by atoms with Crippen molar-refractivity contribution in [1.82, 2.24) is 10.2 Å². The molecule has 0 bridgehead atoms. The van der Waals surface area contributed by atoms with E-state index < -0.39 is 0 Å². The van der Waals surface area contributed by atoms with Gasteiger partial charge >= 0.3 is 0 Å². The van der Waals surface area contributed by atoms with E-state index >= 15 is 0 Å². The predicted molar refractivity (Wildman–Crippen MR) is 91.6 cm³/mol. The van der Waals surface area contributed by atoms with Gasteiger partial charge in [-0.05, 0) is 36.4 Å². The van der Waals surface area contributed by atoms with Crippen LogP contribution in [-0.4, -0.2) is 28.5 Å². The summed E-state index contributed by atoms with van der Waals surface area (Å²) in [6, 6.07) is 7.55. The summed E-state index contributed by atoms with van der Waals surface area (Å²) in [5, 5.41) is 11.1. The lowest BCUT2D eigenvalue weighted by Gasteiger charge is -2.02. The summed E-state index contributed by atoms with van der Waals surface area (Å²) >= 11 is 2.98. The van der Waals surface area contributed by atoms with Gasteiger partial charge in [0.15, 0.2) is 4.34 Å². The molecule has 0 spiro atoms. The fourth-order valence-electron chi connectivity index (χ4n) is 1.60. The van der Waals surface area contributed by atoms with Gasteiger partial charge in [0.2, 0.25) is 11.0 Å². The molecule has 0 unspecified atom stereocenters. The highest BCUT2D eigenvalue weighted by atomic mass is 32.2. The number of ether oxygens (including phenoxy) is 1. The average molecular weight is 335 g/mol. The monoisotopic (exact) mass is 335 g/mol. The molecule has 0 radical (unpaired) electrons. The number of carbonyl (C=O) groups excluding carboxylic acids is 1. The van der Waals surface area contributed by atoms with Crippen molar-refractivity contribution >= 4 is 40.2 Å². The van der Waals surface area contributed by atoms with Crippen molar-refractivity contribution in [1.29, 1.82) is 0 Å². The van der Waals surface area contributed by atoms with Crippen LogP contribution in [0, 0.1) is 0 Å². The van der Waals surface area contributed by atoms with Gasteiger partial charge in [0, 0.05) is 6.08 Å². The third-order valence-electron chi connectivity index (χ3n) is 2.52. The largest absolute Gasteiger partial charge is 0.494 e. The maximum absolute atomic E-state index is 11.8. The topological polar surface area (TPSA) is 64.1 Å². The fraction of sp³-hybridized carbons (Fsp3) is 0.267. The Hall–Kier alpha value is -1.86. The second-order valence-electron chi connectivity index (χ2n) is 4.13. The molecule has 5 nitrogen and oxygen atoms in total. The van der Waals surface area contributed by atoms with Gasteiger partial charge in [0.05, 0.1) is 6.61 Å². The van der Waals surface area contributed by atoms with E-state index in [0.717, 1.165) is 21.4 Å². The number of thioether (sulfide) groups is 1. The maximum Gasteiger partial charge on any atom is 0.250 e. The molecule has 0 saturated heterocycles. The third kappa shape index (κ3) is 5.16. The van der Waals surface area contributed by atoms with Crippen LogP contribution in [0.4, 0.5) is 5.13 Å². The number of nitrogens with one attached hydrogen (secondary N) is 1. The standard InChI is InChI=1S/C15H17N3O2S2/c1-3-20-12-8-5-11(6-9-12)7-10-13(19)16-14-17-18-15(22-14)21-4-2/h5-10H,3-4H2,1-2H3,(H,16,17,19). The minimum Gasteiger partial charge on any atom is -0.494 e. The van der Waals surface area contributed by atoms with Gasteiger partial charge in [0.25, 0.3) is 0 Å². The molecule has 0 aliphatic rings. The van der Waals surface area contributed by atoms with Crippen molar-refractivity contribution in [3.05, 3.63) is 35.9 Å². The fourth-order valence-corrected chi connectivity index (χ4v) is 3.25. The lowest BCUT2D eigenvalue weighted by atomic mass is 10.2. The molecule has 1 N–H and O–H groups in total. The van der Waals surface area contributed by atoms with Crippen LogP contribution in [0.1, 0.15) is 19.4 Å². The first-order chi connectivity index (χ1) is 10.7. The average Bonchev–Trinajstić information content (AvgIpc) is 2.94. The Kier molecular flexibility index (Phi) is 6.42. The summed E-state index contributed by atoms with van der Waals surface area (Å²) in [5.74, 6) is 1.53. The highest BCUT2D eigenvalue weighted by Crippen LogP contribution is 2.24. The number of rotatable bonds is 7. The summed E-state index contributed by atoms with van der Waals surface area (Å²) in [6.45, 7) is 4.62. The van der Waals surface area contributed by atoms with E-state index in [1.54, 1.807) is 17.8 Å². The van der Waals surface area contributed by atoms with Crippen molar-refractivity contribution in [3.63, 3.8) is 0 Å². The number of amides is 1. The van der Waals surface area contributed by atoms with Crippen LogP contribution in [0.3, 0.4) is 0 Å². The lowest BCUT2D eigenvalue weighted by molar-refractivity contribution is -0.111. The quantitative estimate of drug-likeness (QED) is 0.475. The van der Waals surface area contributed by atoms with E-state index in [2.05, 4.69) is 15.5 Å². The molecule has 116 valence electrons. The van der Waals surface area contributed by atoms with Gasteiger partial charge in [-0.3, -0.25) is 10.1 Å². The number of carbonyl (C=O) groups is 1. The molecule has 1 amide bonds. The zero-order valence-electron chi connectivity index (χ0n) is 12.4. The summed E-state index contributed by atoms with van der Waals surface area (Å²) in [7, 11) is 0. The minimum atomic E-state index is -0.224. The van der Waals surface area contributed by atoms with Gasteiger partial charge in [-0.15, -0.1) is 10.2 Å². The molecule has 7 heteroatoms. The normalized spacial score (nSPS) is 10.8. The molecule has 0 aliphatic carbocycles. The number of hydrogen-bond donors (Lipinski definition) is 1. The van der Waals surface area contributed by atoms with Crippen LogP contribution < -0.4 is 10.1 Å². The van der Waals surface area contributed by atoms with Crippen molar-refractivity contribution in [2.75, 3.05) is 17.7 Å². The van der Waals surface area contributed by atoms with Crippen molar-refractivity contribution in [3.8, 4) is 5.75 Å². The highest BCUT2D eigenvalue weighted by Gasteiger charge is 2.05. The van der Waals surface area contributed by atoms with Gasteiger partial charge in [-0.25, -0.2) is 0 Å². The number of hydrogen-bond acceptors (Lipinski definition) is 6. The van der Waals surface area contributed by atoms with Crippen molar-refractivity contribution in [2.45, 2.75) is 18.2 Å². The van der Waals surface area contributed by atoms with Gasteiger partial charge in [-0.1, -0.05) is 42.2 Å². The Labute approximate surface area is 137 Å². The first-order valence-corrected chi connectivity index (χ1v) is 8.69. The van der Waals surface area contributed by atoms with Crippen LogP contribution in [0.2, 0.25) is 0 Å². The first-order valence-electron chi connectivity index (χ1n) is 6.89. The molecular weight excluding hydrogens is 318 g/mol. The number of anilines is 1. The molecule has 2 aromatic rings. The van der Waals surface area contributed by atoms with E-state index in [4.69, 9.17) is 4.74 Å². The Bertz CT molecular complexity index is 638. The molecule has 2 rings (SSSR count). The predicted octanol–water partition coefficient (Wildman–Crippen LogP) is 3.70. The van der Waals surface area contributed by atoms with E-state index in [1.807, 2.05) is 38.1 Å². The number of aromatic nitrogens is 2. The van der Waals surface area contributed by atoms with Crippen LogP contribution >= 0.6 is 23.1 Å². The van der Waals surface area contributed by atoms with E-state index in [1.165, 1.54) is 17.4 Å². The van der Waals surface area contributed by atoms with E-state index in [-0.39, 0.29) is 5.91 Å². The molecule has 1 aromatic heterocycles. The SMILES string of the molecule is CCOc1ccc(C=CC(=O)Nc2nnc(SCC)s2)cc1. The van der Waals surface area contributed by atoms with Gasteiger partial charge in [0.1, 0.15) is 5.75 Å². The smallest absolute Gasteiger partial charge is 0.250 e. The van der Waals surface area contributed by atoms with Crippen LogP contribution in [0.5, 0.6) is 5.75 Å². The maximum atomic E-state index is 11.8. The molecular formula is C15H17N3O2S2. The third-order valence-corrected chi connectivity index (χ3v) is 4.38. The van der Waals surface area contributed by atoms with Crippen molar-refractivity contribution < 1.29 is 9.53 Å². The molecule has 22 heavy (non-hydrogen) atoms. The van der Waals surface area contributed by atoms with Crippen LogP contribution in [-0.2, 0) is 4.79 Å². The second kappa shape index (κ2) is 8.55. The summed E-state index contributed by atoms with van der Waals surface area (Å²) < 4.78 is 6.22. The first kappa shape index (κ1) is 16.5. The summed E-state index contributed by atoms with van der Waals surface area (Å²) in [5.41, 5.74) is 0.929.